The van der Waals surface area contributed by atoms with Crippen molar-refractivity contribution in [2.24, 2.45) is 0 Å². The molecule has 0 radical (unpaired) electrons. The van der Waals surface area contributed by atoms with Crippen LogP contribution in [0.2, 0.25) is 0 Å². The summed E-state index contributed by atoms with van der Waals surface area (Å²) in [5.41, 5.74) is 0.440. The lowest BCUT2D eigenvalue weighted by Crippen LogP contribution is -2.06. The van der Waals surface area contributed by atoms with Gasteiger partial charge in [0.05, 0.1) is 19.3 Å². The van der Waals surface area contributed by atoms with E-state index in [9.17, 15) is 8.78 Å². The maximum atomic E-state index is 12.3. The Morgan fingerprint density at radius 2 is 2.26 bits per heavy atom. The quantitative estimate of drug-likeness (QED) is 0.884. The molecule has 1 aromatic carbocycles. The van der Waals surface area contributed by atoms with Crippen LogP contribution in [-0.4, -0.2) is 18.7 Å². The van der Waals surface area contributed by atoms with Gasteiger partial charge < -0.3 is 14.8 Å². The van der Waals surface area contributed by atoms with Crippen molar-refractivity contribution in [3.63, 3.8) is 0 Å². The zero-order valence-electron chi connectivity index (χ0n) is 10.1. The van der Waals surface area contributed by atoms with Gasteiger partial charge >= 0.3 is 6.61 Å². The van der Waals surface area contributed by atoms with Gasteiger partial charge in [0.1, 0.15) is 16.5 Å². The molecule has 0 aliphatic heterocycles. The lowest BCUT2D eigenvalue weighted by molar-refractivity contribution is -0.0493. The molecular weight excluding hydrogens is 274 g/mol. The van der Waals surface area contributed by atoms with Gasteiger partial charge in [0.15, 0.2) is 0 Å². The van der Waals surface area contributed by atoms with Crippen LogP contribution in [0.1, 0.15) is 5.01 Å². The first-order chi connectivity index (χ1) is 9.19. The average Bonchev–Trinajstić information content (AvgIpc) is 2.90. The Hall–Kier alpha value is -1.89. The maximum absolute atomic E-state index is 12.3. The molecule has 0 aliphatic rings. The third kappa shape index (κ3) is 3.78. The lowest BCUT2D eigenvalue weighted by Gasteiger charge is -2.13. The minimum absolute atomic E-state index is 0.0763. The van der Waals surface area contributed by atoms with Gasteiger partial charge in [-0.05, 0) is 12.1 Å². The first-order valence-electron chi connectivity index (χ1n) is 5.44. The highest BCUT2D eigenvalue weighted by molar-refractivity contribution is 7.09. The van der Waals surface area contributed by atoms with Gasteiger partial charge in [-0.2, -0.15) is 8.78 Å². The molecule has 0 saturated carbocycles. The number of methoxy groups -OCH3 is 1. The molecule has 4 nitrogen and oxygen atoms in total. The summed E-state index contributed by atoms with van der Waals surface area (Å²) in [6.45, 7) is -2.43. The average molecular weight is 286 g/mol. The molecule has 1 heterocycles. The number of thiazole rings is 1. The van der Waals surface area contributed by atoms with Gasteiger partial charge in [-0.1, -0.05) is 0 Å². The van der Waals surface area contributed by atoms with E-state index >= 15 is 0 Å². The minimum Gasteiger partial charge on any atom is -0.497 e. The molecule has 1 N–H and O–H groups in total. The number of aromatic nitrogens is 1. The highest BCUT2D eigenvalue weighted by Gasteiger charge is 2.11. The number of rotatable bonds is 6. The number of benzene rings is 1. The third-order valence-electron chi connectivity index (χ3n) is 2.32. The van der Waals surface area contributed by atoms with Crippen molar-refractivity contribution < 1.29 is 18.3 Å². The van der Waals surface area contributed by atoms with E-state index in [1.807, 2.05) is 5.38 Å². The Morgan fingerprint density at radius 3 is 2.89 bits per heavy atom. The topological polar surface area (TPSA) is 43.4 Å². The number of hydrogen-bond acceptors (Lipinski definition) is 5. The van der Waals surface area contributed by atoms with Gasteiger partial charge in [-0.25, -0.2) is 4.98 Å². The van der Waals surface area contributed by atoms with Crippen LogP contribution < -0.4 is 14.8 Å². The first-order valence-corrected chi connectivity index (χ1v) is 6.32. The normalized spacial score (nSPS) is 10.5. The second-order valence-corrected chi connectivity index (χ2v) is 4.50. The number of ether oxygens (including phenoxy) is 2. The predicted molar refractivity (Wildman–Crippen MR) is 69.1 cm³/mol. The molecule has 0 amide bonds. The molecule has 2 rings (SSSR count). The highest BCUT2D eigenvalue weighted by Crippen LogP contribution is 2.30. The number of alkyl halides is 2. The minimum atomic E-state index is -2.87. The Kier molecular flexibility index (Phi) is 4.51. The first kappa shape index (κ1) is 13.5. The highest BCUT2D eigenvalue weighted by atomic mass is 32.1. The number of halogens is 2. The molecule has 0 unspecified atom stereocenters. The predicted octanol–water partition coefficient (Wildman–Crippen LogP) is 3.37. The van der Waals surface area contributed by atoms with Crippen LogP contribution in [0.4, 0.5) is 14.5 Å². The van der Waals surface area contributed by atoms with Crippen LogP contribution in [-0.2, 0) is 6.54 Å². The summed E-state index contributed by atoms with van der Waals surface area (Å²) < 4.78 is 34.1. The van der Waals surface area contributed by atoms with E-state index in [4.69, 9.17) is 4.74 Å². The van der Waals surface area contributed by atoms with Crippen molar-refractivity contribution >= 4 is 17.0 Å². The van der Waals surface area contributed by atoms with Crippen LogP contribution in [0.25, 0.3) is 0 Å². The van der Waals surface area contributed by atoms with Gasteiger partial charge in [-0.15, -0.1) is 11.3 Å². The van der Waals surface area contributed by atoms with Gasteiger partial charge in [0.25, 0.3) is 0 Å². The summed E-state index contributed by atoms with van der Waals surface area (Å²) >= 11 is 1.48. The molecule has 19 heavy (non-hydrogen) atoms. The fourth-order valence-electron chi connectivity index (χ4n) is 1.48. The number of hydrogen-bond donors (Lipinski definition) is 1. The van der Waals surface area contributed by atoms with Crippen molar-refractivity contribution in [1.29, 1.82) is 0 Å². The molecule has 2 aromatic rings. The summed E-state index contributed by atoms with van der Waals surface area (Å²) in [5, 5.41) is 5.70. The number of anilines is 1. The number of nitrogens with one attached hydrogen (secondary N) is 1. The monoisotopic (exact) mass is 286 g/mol. The second kappa shape index (κ2) is 6.33. The Morgan fingerprint density at radius 1 is 1.42 bits per heavy atom. The fourth-order valence-corrected chi connectivity index (χ4v) is 2.04. The summed E-state index contributed by atoms with van der Waals surface area (Å²) in [6.07, 6.45) is 1.68. The summed E-state index contributed by atoms with van der Waals surface area (Å²) in [4.78, 5) is 4.10. The van der Waals surface area contributed by atoms with E-state index in [0.29, 0.717) is 18.0 Å². The zero-order chi connectivity index (χ0) is 13.7. The Balaban J connectivity index is 2.14. The molecule has 0 fully saturated rings. The fraction of sp³-hybridized carbons (Fsp3) is 0.250. The van der Waals surface area contributed by atoms with Crippen LogP contribution in [0.3, 0.4) is 0 Å². The van der Waals surface area contributed by atoms with Crippen molar-refractivity contribution in [3.8, 4) is 11.5 Å². The zero-order valence-corrected chi connectivity index (χ0v) is 10.9. The number of nitrogens with zero attached hydrogens (tertiary/aromatic N) is 1. The van der Waals surface area contributed by atoms with Crippen molar-refractivity contribution in [2.75, 3.05) is 12.4 Å². The molecule has 7 heteroatoms. The third-order valence-corrected chi connectivity index (χ3v) is 3.10. The van der Waals surface area contributed by atoms with Crippen LogP contribution in [0, 0.1) is 0 Å². The summed E-state index contributed by atoms with van der Waals surface area (Å²) in [5.74, 6) is 0.635. The van der Waals surface area contributed by atoms with Crippen LogP contribution in [0.15, 0.2) is 29.8 Å². The largest absolute Gasteiger partial charge is 0.497 e. The van der Waals surface area contributed by atoms with Gasteiger partial charge in [-0.3, -0.25) is 0 Å². The molecule has 0 bridgehead atoms. The van der Waals surface area contributed by atoms with Crippen molar-refractivity contribution in [3.05, 3.63) is 34.8 Å². The van der Waals surface area contributed by atoms with E-state index in [1.54, 1.807) is 18.3 Å². The van der Waals surface area contributed by atoms with E-state index in [1.165, 1.54) is 24.5 Å². The molecule has 0 spiro atoms. The maximum Gasteiger partial charge on any atom is 0.387 e. The SMILES string of the molecule is COc1ccc(OC(F)F)c(NCc2nccs2)c1. The molecule has 102 valence electrons. The lowest BCUT2D eigenvalue weighted by atomic mass is 10.2. The summed E-state index contributed by atoms with van der Waals surface area (Å²) in [6, 6.07) is 4.60. The second-order valence-electron chi connectivity index (χ2n) is 3.52. The van der Waals surface area contributed by atoms with Gasteiger partial charge in [0.2, 0.25) is 0 Å². The van der Waals surface area contributed by atoms with E-state index < -0.39 is 6.61 Å². The molecule has 0 atom stereocenters. The van der Waals surface area contributed by atoms with Crippen LogP contribution in [0.5, 0.6) is 11.5 Å². The molecule has 0 saturated heterocycles. The Labute approximate surface area is 113 Å². The van der Waals surface area contributed by atoms with Crippen LogP contribution >= 0.6 is 11.3 Å². The van der Waals surface area contributed by atoms with Crippen molar-refractivity contribution in [1.82, 2.24) is 4.98 Å². The smallest absolute Gasteiger partial charge is 0.387 e. The Bertz CT molecular complexity index is 520. The van der Waals surface area contributed by atoms with Gasteiger partial charge in [0, 0.05) is 17.6 Å². The van der Waals surface area contributed by atoms with E-state index in [-0.39, 0.29) is 5.75 Å². The van der Waals surface area contributed by atoms with E-state index in [2.05, 4.69) is 15.0 Å². The summed E-state index contributed by atoms with van der Waals surface area (Å²) in [7, 11) is 1.51. The molecule has 1 aromatic heterocycles. The molecule has 0 aliphatic carbocycles. The van der Waals surface area contributed by atoms with E-state index in [0.717, 1.165) is 5.01 Å². The standard InChI is InChI=1S/C12H12F2N2O2S/c1-17-8-2-3-10(18-12(13)14)9(6-8)16-7-11-15-4-5-19-11/h2-6,12,16H,7H2,1H3. The molecular formula is C12H12F2N2O2S. The van der Waals surface area contributed by atoms with Crippen molar-refractivity contribution in [2.45, 2.75) is 13.2 Å².